The second kappa shape index (κ2) is 9.10. The molecule has 25 heavy (non-hydrogen) atoms. The molecule has 0 aliphatic heterocycles. The lowest BCUT2D eigenvalue weighted by atomic mass is 10.2. The molecule has 0 aliphatic carbocycles. The van der Waals surface area contributed by atoms with Crippen LogP contribution in [0.4, 0.5) is 4.39 Å². The van der Waals surface area contributed by atoms with Crippen molar-refractivity contribution in [3.05, 3.63) is 70.4 Å². The largest absolute Gasteiger partial charge is 0.423 e. The van der Waals surface area contributed by atoms with Gasteiger partial charge in [-0.3, -0.25) is 4.79 Å². The Kier molecular flexibility index (Phi) is 6.85. The lowest BCUT2D eigenvalue weighted by molar-refractivity contribution is -0.104. The number of carbonyl (C=O) groups excluding carboxylic acids is 2. The van der Waals surface area contributed by atoms with Crippen LogP contribution in [-0.2, 0) is 4.79 Å². The summed E-state index contributed by atoms with van der Waals surface area (Å²) in [5, 5.41) is 2.77. The lowest BCUT2D eigenvalue weighted by Gasteiger charge is -2.06. The fraction of sp³-hybridized carbons (Fsp3) is 0.0556. The molecule has 1 N–H and O–H groups in total. The van der Waals surface area contributed by atoms with E-state index in [9.17, 15) is 14.0 Å². The van der Waals surface area contributed by atoms with Crippen LogP contribution in [0.1, 0.15) is 15.9 Å². The highest BCUT2D eigenvalue weighted by Gasteiger charge is 2.10. The normalized spacial score (nSPS) is 10.9. The molecule has 0 radical (unpaired) electrons. The zero-order valence-electron chi connectivity index (χ0n) is 13.2. The summed E-state index contributed by atoms with van der Waals surface area (Å²) in [5.41, 5.74) is 0.780. The molecule has 0 saturated heterocycles. The maximum absolute atomic E-state index is 13.2. The summed E-state index contributed by atoms with van der Waals surface area (Å²) < 4.78 is 18.9. The lowest BCUT2D eigenvalue weighted by Crippen LogP contribution is -2.11. The van der Waals surface area contributed by atoms with E-state index in [0.29, 0.717) is 21.1 Å². The van der Waals surface area contributed by atoms with Crippen molar-refractivity contribution in [1.82, 2.24) is 5.32 Å². The zero-order chi connectivity index (χ0) is 18.2. The predicted octanol–water partition coefficient (Wildman–Crippen LogP) is 3.82. The van der Waals surface area contributed by atoms with Gasteiger partial charge in [0.15, 0.2) is 6.29 Å². The van der Waals surface area contributed by atoms with E-state index in [0.717, 1.165) is 17.8 Å². The Morgan fingerprint density at radius 2 is 2.00 bits per heavy atom. The van der Waals surface area contributed by atoms with Gasteiger partial charge in [-0.15, -0.1) is 0 Å². The maximum Gasteiger partial charge on any atom is 0.343 e. The van der Waals surface area contributed by atoms with E-state index in [-0.39, 0.29) is 11.3 Å². The number of carbonyl (C=O) groups is 2. The summed E-state index contributed by atoms with van der Waals surface area (Å²) in [4.78, 5) is 23.6. The molecular formula is C18H14FNO3S2. The van der Waals surface area contributed by atoms with Crippen LogP contribution in [0.5, 0.6) is 5.75 Å². The van der Waals surface area contributed by atoms with E-state index < -0.39 is 11.8 Å². The SMILES string of the molecule is CNC(=S)S/C(C=O)=C\c1cccc(OC(=O)c2cccc(F)c2)c1. The fourth-order valence-corrected chi connectivity index (χ4v) is 2.71. The number of ether oxygens (including phenoxy) is 1. The number of thioether (sulfide) groups is 1. The topological polar surface area (TPSA) is 55.4 Å². The number of thiocarbonyl (C=S) groups is 1. The second-order valence-electron chi connectivity index (χ2n) is 4.78. The molecule has 0 aromatic heterocycles. The number of hydrogen-bond acceptors (Lipinski definition) is 5. The van der Waals surface area contributed by atoms with Gasteiger partial charge in [0.2, 0.25) is 0 Å². The molecule has 4 nitrogen and oxygen atoms in total. The Bertz CT molecular complexity index is 837. The molecule has 0 atom stereocenters. The fourth-order valence-electron chi connectivity index (χ4n) is 1.86. The number of rotatable bonds is 5. The van der Waals surface area contributed by atoms with Crippen molar-refractivity contribution >= 4 is 46.6 Å². The Morgan fingerprint density at radius 1 is 1.24 bits per heavy atom. The minimum Gasteiger partial charge on any atom is -0.423 e. The molecule has 0 aliphatic rings. The number of benzene rings is 2. The van der Waals surface area contributed by atoms with Crippen molar-refractivity contribution in [2.45, 2.75) is 0 Å². The van der Waals surface area contributed by atoms with Gasteiger partial charge in [-0.25, -0.2) is 9.18 Å². The first kappa shape index (κ1) is 18.8. The van der Waals surface area contributed by atoms with Crippen LogP contribution in [0.25, 0.3) is 6.08 Å². The van der Waals surface area contributed by atoms with Crippen LogP contribution >= 0.6 is 24.0 Å². The van der Waals surface area contributed by atoms with Crippen molar-refractivity contribution in [2.75, 3.05) is 7.05 Å². The summed E-state index contributed by atoms with van der Waals surface area (Å²) in [6.45, 7) is 0. The van der Waals surface area contributed by atoms with Crippen molar-refractivity contribution < 1.29 is 18.7 Å². The Morgan fingerprint density at radius 3 is 2.68 bits per heavy atom. The third-order valence-electron chi connectivity index (χ3n) is 2.97. The average molecular weight is 375 g/mol. The smallest absolute Gasteiger partial charge is 0.343 e. The average Bonchev–Trinajstić information content (AvgIpc) is 2.61. The summed E-state index contributed by atoms with van der Waals surface area (Å²) in [7, 11) is 1.67. The molecule has 0 amide bonds. The highest BCUT2D eigenvalue weighted by Crippen LogP contribution is 2.21. The van der Waals surface area contributed by atoms with Crippen LogP contribution in [0.15, 0.2) is 53.4 Å². The second-order valence-corrected chi connectivity index (χ2v) is 6.53. The van der Waals surface area contributed by atoms with Crippen LogP contribution < -0.4 is 10.1 Å². The number of nitrogens with one attached hydrogen (secondary N) is 1. The third-order valence-corrected chi connectivity index (χ3v) is 4.26. The molecule has 0 saturated carbocycles. The van der Waals surface area contributed by atoms with E-state index in [4.69, 9.17) is 17.0 Å². The van der Waals surface area contributed by atoms with Gasteiger partial charge in [-0.2, -0.15) is 0 Å². The van der Waals surface area contributed by atoms with Gasteiger partial charge in [0.25, 0.3) is 0 Å². The third kappa shape index (κ3) is 5.81. The molecule has 2 aromatic rings. The minimum atomic E-state index is -0.665. The van der Waals surface area contributed by atoms with Crippen molar-refractivity contribution in [2.24, 2.45) is 0 Å². The van der Waals surface area contributed by atoms with Crippen LogP contribution in [-0.4, -0.2) is 23.6 Å². The van der Waals surface area contributed by atoms with Crippen LogP contribution in [0.2, 0.25) is 0 Å². The number of aldehydes is 1. The monoisotopic (exact) mass is 375 g/mol. The minimum absolute atomic E-state index is 0.115. The van der Waals surface area contributed by atoms with E-state index in [1.807, 2.05) is 0 Å². The molecule has 2 rings (SSSR count). The number of allylic oxidation sites excluding steroid dienone is 1. The summed E-state index contributed by atoms with van der Waals surface area (Å²) in [6.07, 6.45) is 2.32. The van der Waals surface area contributed by atoms with Gasteiger partial charge in [0.05, 0.1) is 10.5 Å². The van der Waals surface area contributed by atoms with E-state index in [2.05, 4.69) is 5.32 Å². The predicted molar refractivity (Wildman–Crippen MR) is 101 cm³/mol. The Labute approximate surface area is 154 Å². The van der Waals surface area contributed by atoms with Crippen molar-refractivity contribution in [3.63, 3.8) is 0 Å². The Hall–Kier alpha value is -2.51. The summed E-state index contributed by atoms with van der Waals surface area (Å²) in [6, 6.07) is 11.9. The van der Waals surface area contributed by atoms with Gasteiger partial charge in [0, 0.05) is 7.05 Å². The maximum atomic E-state index is 13.2. The number of hydrogen-bond donors (Lipinski definition) is 1. The highest BCUT2D eigenvalue weighted by molar-refractivity contribution is 8.26. The van der Waals surface area contributed by atoms with Crippen molar-refractivity contribution in [1.29, 1.82) is 0 Å². The molecular weight excluding hydrogens is 361 g/mol. The van der Waals surface area contributed by atoms with E-state index >= 15 is 0 Å². The first-order valence-electron chi connectivity index (χ1n) is 7.16. The van der Waals surface area contributed by atoms with Gasteiger partial charge >= 0.3 is 5.97 Å². The molecule has 0 fully saturated rings. The molecule has 0 heterocycles. The standard InChI is InChI=1S/C18H14FNO3S2/c1-20-18(24)25-16(11-21)9-12-4-2-7-15(8-12)23-17(22)13-5-3-6-14(19)10-13/h2-11H,1H3,(H,20,24)/b16-9-. The molecule has 0 bridgehead atoms. The van der Waals surface area contributed by atoms with Gasteiger partial charge < -0.3 is 10.1 Å². The number of halogens is 1. The van der Waals surface area contributed by atoms with Gasteiger partial charge in [-0.1, -0.05) is 42.2 Å². The molecule has 128 valence electrons. The molecule has 0 unspecified atom stereocenters. The highest BCUT2D eigenvalue weighted by atomic mass is 32.2. The molecule has 2 aromatic carbocycles. The number of esters is 1. The van der Waals surface area contributed by atoms with E-state index in [1.165, 1.54) is 18.2 Å². The quantitative estimate of drug-likeness (QED) is 0.282. The van der Waals surface area contributed by atoms with Crippen LogP contribution in [0.3, 0.4) is 0 Å². The first-order chi connectivity index (χ1) is 12.0. The summed E-state index contributed by atoms with van der Waals surface area (Å²) >= 11 is 6.14. The summed E-state index contributed by atoms with van der Waals surface area (Å²) in [5.74, 6) is -0.893. The van der Waals surface area contributed by atoms with E-state index in [1.54, 1.807) is 37.4 Å². The van der Waals surface area contributed by atoms with Gasteiger partial charge in [-0.05, 0) is 42.0 Å². The first-order valence-corrected chi connectivity index (χ1v) is 8.38. The Balaban J connectivity index is 2.16. The van der Waals surface area contributed by atoms with Gasteiger partial charge in [0.1, 0.15) is 15.9 Å². The molecule has 0 spiro atoms. The zero-order valence-corrected chi connectivity index (χ0v) is 14.8. The molecule has 7 heteroatoms. The van der Waals surface area contributed by atoms with Crippen LogP contribution in [0, 0.1) is 5.82 Å². The van der Waals surface area contributed by atoms with Crippen molar-refractivity contribution in [3.8, 4) is 5.75 Å².